The summed E-state index contributed by atoms with van der Waals surface area (Å²) >= 11 is 0. The number of primary amides is 1. The van der Waals surface area contributed by atoms with Crippen LogP contribution in [0.1, 0.15) is 25.8 Å². The molecule has 7 nitrogen and oxygen atoms in total. The second-order valence-corrected chi connectivity index (χ2v) is 5.39. The Kier molecular flexibility index (Phi) is 8.49. The third kappa shape index (κ3) is 7.23. The van der Waals surface area contributed by atoms with Crippen LogP contribution in [0.2, 0.25) is 0 Å². The van der Waals surface area contributed by atoms with Crippen molar-refractivity contribution >= 4 is 17.8 Å². The molecule has 0 saturated heterocycles. The summed E-state index contributed by atoms with van der Waals surface area (Å²) < 4.78 is 10.2. The second kappa shape index (κ2) is 10.4. The Labute approximate surface area is 141 Å². The van der Waals surface area contributed by atoms with Crippen LogP contribution in [-0.2, 0) is 30.5 Å². The fourth-order valence-corrected chi connectivity index (χ4v) is 2.05. The van der Waals surface area contributed by atoms with Gasteiger partial charge in [0.1, 0.15) is 12.6 Å². The molecule has 0 fully saturated rings. The molecule has 0 radical (unpaired) electrons. The zero-order valence-corrected chi connectivity index (χ0v) is 14.0. The number of nitrogens with one attached hydrogen (secondary N) is 1. The van der Waals surface area contributed by atoms with Gasteiger partial charge >= 0.3 is 5.97 Å². The zero-order valence-electron chi connectivity index (χ0n) is 14.0. The van der Waals surface area contributed by atoms with E-state index in [0.717, 1.165) is 5.56 Å². The molecule has 2 atom stereocenters. The highest BCUT2D eigenvalue weighted by Gasteiger charge is 2.25. The van der Waals surface area contributed by atoms with Crippen molar-refractivity contribution in [2.75, 3.05) is 13.2 Å². The molecule has 0 saturated carbocycles. The summed E-state index contributed by atoms with van der Waals surface area (Å²) in [6, 6.07) is 8.45. The van der Waals surface area contributed by atoms with Crippen molar-refractivity contribution in [1.29, 1.82) is 0 Å². The lowest BCUT2D eigenvalue weighted by atomic mass is 10.0. The molecule has 2 amide bonds. The van der Waals surface area contributed by atoms with E-state index in [0.29, 0.717) is 0 Å². The van der Waals surface area contributed by atoms with E-state index < -0.39 is 29.7 Å². The van der Waals surface area contributed by atoms with Crippen LogP contribution in [0.5, 0.6) is 0 Å². The zero-order chi connectivity index (χ0) is 17.9. The second-order valence-electron chi connectivity index (χ2n) is 5.39. The van der Waals surface area contributed by atoms with Gasteiger partial charge in [-0.3, -0.25) is 14.4 Å². The van der Waals surface area contributed by atoms with Gasteiger partial charge in [0.15, 0.2) is 0 Å². The highest BCUT2D eigenvalue weighted by atomic mass is 16.5. The van der Waals surface area contributed by atoms with E-state index in [4.69, 9.17) is 15.2 Å². The van der Waals surface area contributed by atoms with Crippen LogP contribution < -0.4 is 11.1 Å². The lowest BCUT2D eigenvalue weighted by molar-refractivity contribution is -0.148. The molecule has 0 bridgehead atoms. The number of amides is 2. The van der Waals surface area contributed by atoms with Crippen LogP contribution in [0.4, 0.5) is 0 Å². The van der Waals surface area contributed by atoms with Gasteiger partial charge in [0, 0.05) is 0 Å². The van der Waals surface area contributed by atoms with Crippen molar-refractivity contribution in [1.82, 2.24) is 5.32 Å². The monoisotopic (exact) mass is 336 g/mol. The SMILES string of the molecule is CCOC(=O)[C@H](C)C[C@H](NC(=O)COCc1ccccc1)C(N)=O. The number of carbonyl (C=O) groups excluding carboxylic acids is 3. The van der Waals surface area contributed by atoms with Crippen molar-refractivity contribution in [3.8, 4) is 0 Å². The number of esters is 1. The maximum absolute atomic E-state index is 11.9. The maximum atomic E-state index is 11.9. The Morgan fingerprint density at radius 2 is 1.88 bits per heavy atom. The molecule has 0 aliphatic heterocycles. The lowest BCUT2D eigenvalue weighted by Gasteiger charge is -2.18. The first-order chi connectivity index (χ1) is 11.4. The van der Waals surface area contributed by atoms with Crippen LogP contribution in [0, 0.1) is 5.92 Å². The molecule has 3 N–H and O–H groups in total. The Balaban J connectivity index is 2.42. The molecule has 0 heterocycles. The number of hydrogen-bond donors (Lipinski definition) is 2. The Morgan fingerprint density at radius 1 is 1.21 bits per heavy atom. The van der Waals surface area contributed by atoms with E-state index in [-0.39, 0.29) is 26.2 Å². The molecule has 1 rings (SSSR count). The van der Waals surface area contributed by atoms with E-state index in [1.165, 1.54) is 0 Å². The van der Waals surface area contributed by atoms with Crippen molar-refractivity contribution in [3.05, 3.63) is 35.9 Å². The van der Waals surface area contributed by atoms with Gasteiger partial charge in [0.2, 0.25) is 11.8 Å². The average Bonchev–Trinajstić information content (AvgIpc) is 2.55. The summed E-state index contributed by atoms with van der Waals surface area (Å²) in [7, 11) is 0. The highest BCUT2D eigenvalue weighted by molar-refractivity contribution is 5.87. The Bertz CT molecular complexity index is 547. The van der Waals surface area contributed by atoms with Gasteiger partial charge in [0.25, 0.3) is 0 Å². The van der Waals surface area contributed by atoms with Crippen LogP contribution in [0.3, 0.4) is 0 Å². The van der Waals surface area contributed by atoms with E-state index in [1.54, 1.807) is 13.8 Å². The first-order valence-corrected chi connectivity index (χ1v) is 7.81. The lowest BCUT2D eigenvalue weighted by Crippen LogP contribution is -2.47. The molecule has 24 heavy (non-hydrogen) atoms. The van der Waals surface area contributed by atoms with Gasteiger partial charge in [-0.1, -0.05) is 37.3 Å². The van der Waals surface area contributed by atoms with Gasteiger partial charge in [0.05, 0.1) is 19.1 Å². The molecule has 1 aromatic rings. The predicted molar refractivity (Wildman–Crippen MR) is 87.6 cm³/mol. The third-order valence-electron chi connectivity index (χ3n) is 3.30. The smallest absolute Gasteiger partial charge is 0.308 e. The fraction of sp³-hybridized carbons (Fsp3) is 0.471. The number of carbonyl (C=O) groups is 3. The third-order valence-corrected chi connectivity index (χ3v) is 3.30. The number of rotatable bonds is 10. The van der Waals surface area contributed by atoms with Crippen LogP contribution >= 0.6 is 0 Å². The summed E-state index contributed by atoms with van der Waals surface area (Å²) in [5.74, 6) is -2.15. The van der Waals surface area contributed by atoms with Gasteiger partial charge < -0.3 is 20.5 Å². The van der Waals surface area contributed by atoms with Gasteiger partial charge in [-0.05, 0) is 18.9 Å². The van der Waals surface area contributed by atoms with Crippen LogP contribution in [-0.4, -0.2) is 37.0 Å². The molecule has 1 aromatic carbocycles. The first-order valence-electron chi connectivity index (χ1n) is 7.81. The Morgan fingerprint density at radius 3 is 2.46 bits per heavy atom. The fourth-order valence-electron chi connectivity index (χ4n) is 2.05. The normalized spacial score (nSPS) is 12.9. The molecule has 0 spiro atoms. The summed E-state index contributed by atoms with van der Waals surface area (Å²) in [5, 5.41) is 2.48. The molecular formula is C17H24N2O5. The van der Waals surface area contributed by atoms with E-state index in [2.05, 4.69) is 5.32 Å². The van der Waals surface area contributed by atoms with Crippen molar-refractivity contribution < 1.29 is 23.9 Å². The molecule has 132 valence electrons. The minimum absolute atomic E-state index is 0.0819. The summed E-state index contributed by atoms with van der Waals surface area (Å²) in [6.07, 6.45) is 0.0819. The minimum Gasteiger partial charge on any atom is -0.466 e. The number of nitrogens with two attached hydrogens (primary N) is 1. The minimum atomic E-state index is -0.947. The van der Waals surface area contributed by atoms with E-state index in [1.807, 2.05) is 30.3 Å². The predicted octanol–water partition coefficient (Wildman–Crippen LogP) is 0.763. The molecular weight excluding hydrogens is 312 g/mol. The standard InChI is InChI=1S/C17H24N2O5/c1-3-24-17(22)12(2)9-14(16(18)21)19-15(20)11-23-10-13-7-5-4-6-8-13/h4-8,12,14H,3,9-11H2,1-2H3,(H2,18,21)(H,19,20)/t12-,14+/m1/s1. The maximum Gasteiger partial charge on any atom is 0.308 e. The average molecular weight is 336 g/mol. The number of benzene rings is 1. The molecule has 0 aromatic heterocycles. The van der Waals surface area contributed by atoms with E-state index in [9.17, 15) is 14.4 Å². The highest BCUT2D eigenvalue weighted by Crippen LogP contribution is 2.08. The van der Waals surface area contributed by atoms with Crippen molar-refractivity contribution in [2.45, 2.75) is 32.9 Å². The first kappa shape index (κ1) is 19.6. The molecule has 0 aliphatic carbocycles. The van der Waals surface area contributed by atoms with Gasteiger partial charge in [-0.25, -0.2) is 0 Å². The summed E-state index contributed by atoms with van der Waals surface area (Å²) in [5.41, 5.74) is 6.22. The van der Waals surface area contributed by atoms with Crippen LogP contribution in [0.15, 0.2) is 30.3 Å². The summed E-state index contributed by atoms with van der Waals surface area (Å²) in [6.45, 7) is 3.65. The molecule has 0 aliphatic rings. The molecule has 0 unspecified atom stereocenters. The largest absolute Gasteiger partial charge is 0.466 e. The quantitative estimate of drug-likeness (QED) is 0.613. The van der Waals surface area contributed by atoms with Crippen molar-refractivity contribution in [3.63, 3.8) is 0 Å². The molecule has 7 heteroatoms. The summed E-state index contributed by atoms with van der Waals surface area (Å²) in [4.78, 5) is 34.9. The van der Waals surface area contributed by atoms with Crippen LogP contribution in [0.25, 0.3) is 0 Å². The van der Waals surface area contributed by atoms with Crippen molar-refractivity contribution in [2.24, 2.45) is 11.7 Å². The topological polar surface area (TPSA) is 108 Å². The Hall–Kier alpha value is -2.41. The number of hydrogen-bond acceptors (Lipinski definition) is 5. The van der Waals surface area contributed by atoms with Gasteiger partial charge in [-0.15, -0.1) is 0 Å². The van der Waals surface area contributed by atoms with E-state index >= 15 is 0 Å². The van der Waals surface area contributed by atoms with Gasteiger partial charge in [-0.2, -0.15) is 0 Å². The number of ether oxygens (including phenoxy) is 2.